The first-order chi connectivity index (χ1) is 9.42. The molecule has 0 radical (unpaired) electrons. The molecule has 1 rings (SSSR count). The SMILES string of the molecule is CCC(=O)O[C@H](C)C(=O)Nc1ccc(NC(C)=O)cc1. The number of anilines is 2. The van der Waals surface area contributed by atoms with E-state index >= 15 is 0 Å². The Bertz CT molecular complexity index is 496. The van der Waals surface area contributed by atoms with Gasteiger partial charge in [-0.15, -0.1) is 0 Å². The lowest BCUT2D eigenvalue weighted by Gasteiger charge is -2.13. The van der Waals surface area contributed by atoms with Crippen LogP contribution in [0.5, 0.6) is 0 Å². The molecule has 2 amide bonds. The van der Waals surface area contributed by atoms with Crippen molar-refractivity contribution in [2.24, 2.45) is 0 Å². The third-order valence-electron chi connectivity index (χ3n) is 2.44. The molecule has 20 heavy (non-hydrogen) atoms. The smallest absolute Gasteiger partial charge is 0.306 e. The molecule has 1 aromatic rings. The van der Waals surface area contributed by atoms with Gasteiger partial charge in [-0.2, -0.15) is 0 Å². The molecule has 0 saturated heterocycles. The maximum atomic E-state index is 11.8. The highest BCUT2D eigenvalue weighted by Gasteiger charge is 2.16. The molecule has 0 heterocycles. The quantitative estimate of drug-likeness (QED) is 0.806. The predicted octanol–water partition coefficient (Wildman–Crippen LogP) is 1.93. The van der Waals surface area contributed by atoms with Crippen molar-refractivity contribution in [1.29, 1.82) is 0 Å². The Kier molecular flexibility index (Phi) is 5.71. The van der Waals surface area contributed by atoms with Crippen molar-refractivity contribution in [3.05, 3.63) is 24.3 Å². The van der Waals surface area contributed by atoms with E-state index in [-0.39, 0.29) is 12.3 Å². The third-order valence-corrected chi connectivity index (χ3v) is 2.44. The monoisotopic (exact) mass is 278 g/mol. The number of rotatable bonds is 5. The highest BCUT2D eigenvalue weighted by atomic mass is 16.5. The van der Waals surface area contributed by atoms with Crippen molar-refractivity contribution in [2.75, 3.05) is 10.6 Å². The van der Waals surface area contributed by atoms with E-state index in [4.69, 9.17) is 4.74 Å². The number of hydrogen-bond donors (Lipinski definition) is 2. The van der Waals surface area contributed by atoms with Gasteiger partial charge in [0, 0.05) is 24.7 Å². The molecule has 6 heteroatoms. The lowest BCUT2D eigenvalue weighted by atomic mass is 10.2. The molecule has 0 aliphatic rings. The number of benzene rings is 1. The molecule has 0 bridgehead atoms. The zero-order valence-electron chi connectivity index (χ0n) is 11.7. The highest BCUT2D eigenvalue weighted by molar-refractivity contribution is 5.95. The summed E-state index contributed by atoms with van der Waals surface area (Å²) < 4.78 is 4.90. The molecule has 1 atom stereocenters. The Morgan fingerprint density at radius 3 is 2.05 bits per heavy atom. The Balaban J connectivity index is 2.57. The molecule has 108 valence electrons. The average molecular weight is 278 g/mol. The lowest BCUT2D eigenvalue weighted by Crippen LogP contribution is -2.29. The van der Waals surface area contributed by atoms with Crippen LogP contribution < -0.4 is 10.6 Å². The summed E-state index contributed by atoms with van der Waals surface area (Å²) in [6, 6.07) is 6.63. The normalized spacial score (nSPS) is 11.3. The van der Waals surface area contributed by atoms with Gasteiger partial charge >= 0.3 is 5.97 Å². The van der Waals surface area contributed by atoms with Gasteiger partial charge in [0.2, 0.25) is 5.91 Å². The van der Waals surface area contributed by atoms with Crippen LogP contribution in [0.25, 0.3) is 0 Å². The number of carbonyl (C=O) groups is 3. The van der Waals surface area contributed by atoms with Crippen molar-refractivity contribution < 1.29 is 19.1 Å². The first-order valence-electron chi connectivity index (χ1n) is 6.30. The molecule has 0 unspecified atom stereocenters. The van der Waals surface area contributed by atoms with Gasteiger partial charge in [0.05, 0.1) is 0 Å². The average Bonchev–Trinajstić information content (AvgIpc) is 2.40. The zero-order chi connectivity index (χ0) is 15.1. The summed E-state index contributed by atoms with van der Waals surface area (Å²) in [7, 11) is 0. The van der Waals surface area contributed by atoms with Crippen molar-refractivity contribution in [3.8, 4) is 0 Å². The van der Waals surface area contributed by atoms with E-state index in [0.29, 0.717) is 11.4 Å². The molecule has 1 aromatic carbocycles. The van der Waals surface area contributed by atoms with Gasteiger partial charge in [-0.05, 0) is 31.2 Å². The van der Waals surface area contributed by atoms with E-state index in [0.717, 1.165) is 0 Å². The summed E-state index contributed by atoms with van der Waals surface area (Å²) in [4.78, 5) is 33.7. The Morgan fingerprint density at radius 1 is 1.10 bits per heavy atom. The van der Waals surface area contributed by atoms with Crippen LogP contribution >= 0.6 is 0 Å². The van der Waals surface area contributed by atoms with Crippen molar-refractivity contribution in [3.63, 3.8) is 0 Å². The molecule has 0 spiro atoms. The van der Waals surface area contributed by atoms with Crippen LogP contribution in [-0.2, 0) is 19.1 Å². The molecule has 6 nitrogen and oxygen atoms in total. The second kappa shape index (κ2) is 7.28. The van der Waals surface area contributed by atoms with Crippen LogP contribution in [0.1, 0.15) is 27.2 Å². The largest absolute Gasteiger partial charge is 0.453 e. The number of carbonyl (C=O) groups excluding carboxylic acids is 3. The second-order valence-corrected chi connectivity index (χ2v) is 4.23. The molecule has 0 aliphatic heterocycles. The van der Waals surface area contributed by atoms with Gasteiger partial charge < -0.3 is 15.4 Å². The van der Waals surface area contributed by atoms with Gasteiger partial charge in [-0.3, -0.25) is 14.4 Å². The van der Waals surface area contributed by atoms with E-state index in [1.807, 2.05) is 0 Å². The molecular weight excluding hydrogens is 260 g/mol. The van der Waals surface area contributed by atoms with Crippen LogP contribution in [0, 0.1) is 0 Å². The van der Waals surface area contributed by atoms with Gasteiger partial charge in [0.15, 0.2) is 6.10 Å². The van der Waals surface area contributed by atoms with Gasteiger partial charge in [-0.1, -0.05) is 6.92 Å². The Labute approximate surface area is 117 Å². The van der Waals surface area contributed by atoms with Crippen molar-refractivity contribution in [1.82, 2.24) is 0 Å². The van der Waals surface area contributed by atoms with Crippen LogP contribution in [0.3, 0.4) is 0 Å². The minimum absolute atomic E-state index is 0.165. The number of esters is 1. The molecule has 0 aromatic heterocycles. The summed E-state index contributed by atoms with van der Waals surface area (Å²) >= 11 is 0. The first kappa shape index (κ1) is 15.7. The summed E-state index contributed by atoms with van der Waals surface area (Å²) in [5.74, 6) is -0.991. The van der Waals surface area contributed by atoms with Crippen molar-refractivity contribution >= 4 is 29.2 Å². The fourth-order valence-corrected chi connectivity index (χ4v) is 1.42. The maximum Gasteiger partial charge on any atom is 0.306 e. The number of nitrogens with one attached hydrogen (secondary N) is 2. The summed E-state index contributed by atoms with van der Waals surface area (Å²) in [6.45, 7) is 4.59. The number of ether oxygens (including phenoxy) is 1. The molecule has 0 fully saturated rings. The van der Waals surface area contributed by atoms with Crippen LogP contribution in [0.15, 0.2) is 24.3 Å². The summed E-state index contributed by atoms with van der Waals surface area (Å²) in [5.41, 5.74) is 1.20. The van der Waals surface area contributed by atoms with Crippen molar-refractivity contribution in [2.45, 2.75) is 33.3 Å². The summed E-state index contributed by atoms with van der Waals surface area (Å²) in [5, 5.41) is 5.24. The van der Waals surface area contributed by atoms with E-state index in [2.05, 4.69) is 10.6 Å². The molecular formula is C14H18N2O4. The lowest BCUT2D eigenvalue weighted by molar-refractivity contribution is -0.152. The van der Waals surface area contributed by atoms with Crippen LogP contribution in [0.4, 0.5) is 11.4 Å². The minimum Gasteiger partial charge on any atom is -0.453 e. The second-order valence-electron chi connectivity index (χ2n) is 4.23. The fraction of sp³-hybridized carbons (Fsp3) is 0.357. The number of amides is 2. The number of hydrogen-bond acceptors (Lipinski definition) is 4. The molecule has 0 aliphatic carbocycles. The Hall–Kier alpha value is -2.37. The Morgan fingerprint density at radius 2 is 1.60 bits per heavy atom. The van der Waals surface area contributed by atoms with E-state index in [9.17, 15) is 14.4 Å². The van der Waals surface area contributed by atoms with Gasteiger partial charge in [-0.25, -0.2) is 0 Å². The van der Waals surface area contributed by atoms with E-state index in [1.165, 1.54) is 13.8 Å². The molecule has 0 saturated carbocycles. The molecule has 2 N–H and O–H groups in total. The third kappa shape index (κ3) is 5.09. The topological polar surface area (TPSA) is 84.5 Å². The van der Waals surface area contributed by atoms with E-state index < -0.39 is 18.0 Å². The first-order valence-corrected chi connectivity index (χ1v) is 6.30. The highest BCUT2D eigenvalue weighted by Crippen LogP contribution is 2.14. The van der Waals surface area contributed by atoms with Gasteiger partial charge in [0.1, 0.15) is 0 Å². The maximum absolute atomic E-state index is 11.8. The standard InChI is InChI=1S/C14H18N2O4/c1-4-13(18)20-9(2)14(19)16-12-7-5-11(6-8-12)15-10(3)17/h5-9H,4H2,1-3H3,(H,15,17)(H,16,19)/t9-/m1/s1. The fourth-order valence-electron chi connectivity index (χ4n) is 1.42. The van der Waals surface area contributed by atoms with Crippen LogP contribution in [0.2, 0.25) is 0 Å². The van der Waals surface area contributed by atoms with Crippen LogP contribution in [-0.4, -0.2) is 23.9 Å². The van der Waals surface area contributed by atoms with Gasteiger partial charge in [0.25, 0.3) is 5.91 Å². The zero-order valence-corrected chi connectivity index (χ0v) is 11.7. The summed E-state index contributed by atoms with van der Waals surface area (Å²) in [6.07, 6.45) is -0.624. The van der Waals surface area contributed by atoms with E-state index in [1.54, 1.807) is 31.2 Å². The minimum atomic E-state index is -0.850. The predicted molar refractivity (Wildman–Crippen MR) is 75.2 cm³/mol.